The van der Waals surface area contributed by atoms with Crippen LogP contribution in [-0.4, -0.2) is 29.5 Å². The molecule has 0 radical (unpaired) electrons. The summed E-state index contributed by atoms with van der Waals surface area (Å²) in [4.78, 5) is 14.9. The summed E-state index contributed by atoms with van der Waals surface area (Å²) in [5.41, 5.74) is 0.896. The maximum Gasteiger partial charge on any atom is 0.328 e. The fourth-order valence-electron chi connectivity index (χ4n) is 1.39. The molecule has 1 aliphatic heterocycles. The van der Waals surface area contributed by atoms with Gasteiger partial charge in [-0.2, -0.15) is 0 Å². The second-order valence-electron chi connectivity index (χ2n) is 3.23. The number of aliphatic carboxylic acids is 1. The molecule has 4 nitrogen and oxygen atoms in total. The fourth-order valence-corrected chi connectivity index (χ4v) is 1.79. The zero-order chi connectivity index (χ0) is 10.8. The number of carboxylic acids is 1. The fraction of sp³-hybridized carbons (Fsp3) is 0.200. The number of nitrogens with zero attached hydrogens (tertiary/aromatic N) is 1. The van der Waals surface area contributed by atoms with E-state index in [4.69, 9.17) is 5.11 Å². The monoisotopic (exact) mass is 268 g/mol. The van der Waals surface area contributed by atoms with Crippen LogP contribution in [0, 0.1) is 0 Å². The number of halogens is 1. The van der Waals surface area contributed by atoms with Crippen molar-refractivity contribution in [2.75, 3.05) is 6.54 Å². The number of rotatable bonds is 2. The lowest BCUT2D eigenvalue weighted by molar-refractivity contribution is -0.138. The van der Waals surface area contributed by atoms with Gasteiger partial charge in [0, 0.05) is 10.0 Å². The first-order chi connectivity index (χ1) is 7.16. The molecule has 0 spiro atoms. The lowest BCUT2D eigenvalue weighted by atomic mass is 10.2. The van der Waals surface area contributed by atoms with Crippen LogP contribution in [0.15, 0.2) is 33.7 Å². The van der Waals surface area contributed by atoms with Gasteiger partial charge >= 0.3 is 5.97 Å². The zero-order valence-electron chi connectivity index (χ0n) is 7.77. The number of aliphatic imine (C=N–C) groups is 1. The maximum absolute atomic E-state index is 10.7. The molecule has 15 heavy (non-hydrogen) atoms. The standard InChI is InChI=1S/C10H9BrN2O2/c11-7-3-1-2-6(4-7)9-12-5-8(13-9)10(14)15/h1-4,8H,5H2,(H,12,13)(H,14,15). The van der Waals surface area contributed by atoms with Gasteiger partial charge in [-0.05, 0) is 12.1 Å². The van der Waals surface area contributed by atoms with Crippen molar-refractivity contribution in [3.05, 3.63) is 34.3 Å². The van der Waals surface area contributed by atoms with Gasteiger partial charge in [0.25, 0.3) is 0 Å². The molecule has 1 aromatic carbocycles. The summed E-state index contributed by atoms with van der Waals surface area (Å²) in [6.07, 6.45) is 0. The summed E-state index contributed by atoms with van der Waals surface area (Å²) >= 11 is 3.35. The van der Waals surface area contributed by atoms with E-state index in [2.05, 4.69) is 26.2 Å². The number of benzene rings is 1. The smallest absolute Gasteiger partial charge is 0.328 e. The number of hydrogen-bond donors (Lipinski definition) is 2. The van der Waals surface area contributed by atoms with Crippen LogP contribution in [0.2, 0.25) is 0 Å². The molecular formula is C10H9BrN2O2. The van der Waals surface area contributed by atoms with E-state index in [-0.39, 0.29) is 6.54 Å². The van der Waals surface area contributed by atoms with Crippen molar-refractivity contribution in [2.45, 2.75) is 6.04 Å². The highest BCUT2D eigenvalue weighted by atomic mass is 79.9. The third-order valence-corrected chi connectivity index (χ3v) is 2.63. The van der Waals surface area contributed by atoms with Crippen LogP contribution in [0.25, 0.3) is 0 Å². The van der Waals surface area contributed by atoms with Gasteiger partial charge < -0.3 is 10.4 Å². The van der Waals surface area contributed by atoms with Crippen molar-refractivity contribution in [1.29, 1.82) is 0 Å². The van der Waals surface area contributed by atoms with E-state index in [1.54, 1.807) is 0 Å². The summed E-state index contributed by atoms with van der Waals surface area (Å²) in [6.45, 7) is 0.289. The summed E-state index contributed by atoms with van der Waals surface area (Å²) in [6, 6.07) is 6.99. The molecular weight excluding hydrogens is 260 g/mol. The first kappa shape index (κ1) is 10.2. The van der Waals surface area contributed by atoms with Crippen LogP contribution < -0.4 is 5.32 Å². The Kier molecular flexibility index (Phi) is 2.73. The van der Waals surface area contributed by atoms with Gasteiger partial charge in [0.2, 0.25) is 0 Å². The number of nitrogens with one attached hydrogen (secondary N) is 1. The van der Waals surface area contributed by atoms with Gasteiger partial charge in [-0.25, -0.2) is 4.79 Å². The normalized spacial score (nSPS) is 19.5. The Morgan fingerprint density at radius 2 is 2.40 bits per heavy atom. The Hall–Kier alpha value is -1.36. The molecule has 5 heteroatoms. The van der Waals surface area contributed by atoms with Crippen LogP contribution in [0.3, 0.4) is 0 Å². The lowest BCUT2D eigenvalue weighted by Crippen LogP contribution is -2.37. The van der Waals surface area contributed by atoms with Crippen LogP contribution in [0.1, 0.15) is 5.56 Å². The van der Waals surface area contributed by atoms with Crippen molar-refractivity contribution < 1.29 is 9.90 Å². The Balaban J connectivity index is 2.17. The van der Waals surface area contributed by atoms with Crippen LogP contribution in [0.5, 0.6) is 0 Å². The number of carboxylic acid groups (broad SMARTS) is 1. The van der Waals surface area contributed by atoms with Gasteiger partial charge in [-0.1, -0.05) is 28.1 Å². The molecule has 2 N–H and O–H groups in total. The van der Waals surface area contributed by atoms with Gasteiger partial charge in [0.05, 0.1) is 6.54 Å². The third-order valence-electron chi connectivity index (χ3n) is 2.14. The number of carbonyl (C=O) groups is 1. The van der Waals surface area contributed by atoms with Crippen molar-refractivity contribution in [1.82, 2.24) is 5.32 Å². The molecule has 1 atom stereocenters. The van der Waals surface area contributed by atoms with Crippen molar-refractivity contribution >= 4 is 27.7 Å². The van der Waals surface area contributed by atoms with E-state index in [0.29, 0.717) is 5.84 Å². The maximum atomic E-state index is 10.7. The van der Waals surface area contributed by atoms with E-state index in [0.717, 1.165) is 10.0 Å². The van der Waals surface area contributed by atoms with Gasteiger partial charge in [-0.3, -0.25) is 4.99 Å². The van der Waals surface area contributed by atoms with Crippen molar-refractivity contribution in [2.24, 2.45) is 4.99 Å². The molecule has 0 saturated heterocycles. The van der Waals surface area contributed by atoms with Crippen LogP contribution in [-0.2, 0) is 4.79 Å². The largest absolute Gasteiger partial charge is 0.480 e. The Labute approximate surface area is 95.2 Å². The van der Waals surface area contributed by atoms with E-state index in [1.165, 1.54) is 0 Å². The summed E-state index contributed by atoms with van der Waals surface area (Å²) in [5, 5.41) is 11.7. The molecule has 0 bridgehead atoms. The van der Waals surface area contributed by atoms with E-state index in [1.807, 2.05) is 24.3 Å². The molecule has 0 amide bonds. The molecule has 1 aromatic rings. The average molecular weight is 269 g/mol. The molecule has 0 fully saturated rings. The number of hydrogen-bond acceptors (Lipinski definition) is 3. The molecule has 0 aromatic heterocycles. The highest BCUT2D eigenvalue weighted by Crippen LogP contribution is 2.13. The second kappa shape index (κ2) is 4.02. The Bertz CT molecular complexity index is 431. The molecule has 2 rings (SSSR count). The minimum atomic E-state index is -0.872. The van der Waals surface area contributed by atoms with E-state index < -0.39 is 12.0 Å². The highest BCUT2D eigenvalue weighted by Gasteiger charge is 2.24. The average Bonchev–Trinajstić information content (AvgIpc) is 2.66. The minimum Gasteiger partial charge on any atom is -0.480 e. The van der Waals surface area contributed by atoms with E-state index >= 15 is 0 Å². The SMILES string of the molecule is O=C(O)C1CN=C(c2cccc(Br)c2)N1. The quantitative estimate of drug-likeness (QED) is 0.849. The Morgan fingerprint density at radius 1 is 1.60 bits per heavy atom. The third kappa shape index (κ3) is 2.18. The van der Waals surface area contributed by atoms with Gasteiger partial charge in [-0.15, -0.1) is 0 Å². The van der Waals surface area contributed by atoms with Gasteiger partial charge in [0.1, 0.15) is 11.9 Å². The predicted octanol–water partition coefficient (Wildman–Crippen LogP) is 1.25. The van der Waals surface area contributed by atoms with Crippen molar-refractivity contribution in [3.63, 3.8) is 0 Å². The summed E-state index contributed by atoms with van der Waals surface area (Å²) in [7, 11) is 0. The van der Waals surface area contributed by atoms with E-state index in [9.17, 15) is 4.79 Å². The van der Waals surface area contributed by atoms with Crippen molar-refractivity contribution in [3.8, 4) is 0 Å². The van der Waals surface area contributed by atoms with Crippen LogP contribution >= 0.6 is 15.9 Å². The topological polar surface area (TPSA) is 61.7 Å². The molecule has 0 aliphatic carbocycles. The number of amidine groups is 1. The van der Waals surface area contributed by atoms with Crippen LogP contribution in [0.4, 0.5) is 0 Å². The first-order valence-electron chi connectivity index (χ1n) is 4.46. The zero-order valence-corrected chi connectivity index (χ0v) is 9.36. The highest BCUT2D eigenvalue weighted by molar-refractivity contribution is 9.10. The minimum absolute atomic E-state index is 0.289. The molecule has 78 valence electrons. The summed E-state index contributed by atoms with van der Waals surface area (Å²) < 4.78 is 0.947. The molecule has 1 unspecified atom stereocenters. The second-order valence-corrected chi connectivity index (χ2v) is 4.15. The Morgan fingerprint density at radius 3 is 3.00 bits per heavy atom. The molecule has 1 aliphatic rings. The predicted molar refractivity (Wildman–Crippen MR) is 60.1 cm³/mol. The summed E-state index contributed by atoms with van der Waals surface area (Å²) in [5.74, 6) is -0.229. The van der Waals surface area contributed by atoms with Gasteiger partial charge in [0.15, 0.2) is 0 Å². The molecule has 0 saturated carbocycles. The lowest BCUT2D eigenvalue weighted by Gasteiger charge is -2.06. The molecule has 1 heterocycles. The first-order valence-corrected chi connectivity index (χ1v) is 5.26.